The molecule has 4 rings (SSSR count). The van der Waals surface area contributed by atoms with E-state index in [9.17, 15) is 9.18 Å². The third-order valence-electron chi connectivity index (χ3n) is 7.40. The number of halogens is 2. The highest BCUT2D eigenvalue weighted by molar-refractivity contribution is 5.79. The van der Waals surface area contributed by atoms with E-state index in [-0.39, 0.29) is 23.7 Å². The first-order valence-corrected chi connectivity index (χ1v) is 11.5. The van der Waals surface area contributed by atoms with Crippen LogP contribution in [0.3, 0.4) is 0 Å². The van der Waals surface area contributed by atoms with Crippen LogP contribution in [-0.4, -0.2) is 39.1 Å². The first-order chi connectivity index (χ1) is 14.4. The van der Waals surface area contributed by atoms with E-state index in [2.05, 4.69) is 4.98 Å². The topological polar surface area (TPSA) is 38.1 Å². The number of carbonyl (C=O) groups is 1. The van der Waals surface area contributed by atoms with Gasteiger partial charge >= 0.3 is 0 Å². The Balaban J connectivity index is 1.38. The van der Waals surface area contributed by atoms with Gasteiger partial charge in [0, 0.05) is 24.6 Å². The summed E-state index contributed by atoms with van der Waals surface area (Å²) >= 11 is 0. The highest BCUT2D eigenvalue weighted by atomic mass is 19.1. The minimum absolute atomic E-state index is 0.0307. The van der Waals surface area contributed by atoms with E-state index < -0.39 is 5.67 Å². The number of hydrogen-bond donors (Lipinski definition) is 0. The van der Waals surface area contributed by atoms with E-state index in [0.717, 1.165) is 37.2 Å². The molecule has 0 radical (unpaired) electrons. The lowest BCUT2D eigenvalue weighted by Crippen LogP contribution is -2.42. The maximum absolute atomic E-state index is 15.6. The summed E-state index contributed by atoms with van der Waals surface area (Å²) in [4.78, 5) is 19.0. The molecule has 1 saturated heterocycles. The summed E-state index contributed by atoms with van der Waals surface area (Å²) in [6.07, 6.45) is 11.3. The van der Waals surface area contributed by atoms with Gasteiger partial charge in [-0.05, 0) is 77.2 Å². The van der Waals surface area contributed by atoms with Gasteiger partial charge < -0.3 is 9.47 Å². The number of hydrogen-bond acceptors (Lipinski definition) is 2. The zero-order chi connectivity index (χ0) is 21.3. The lowest BCUT2D eigenvalue weighted by Gasteiger charge is -2.37. The molecule has 1 atom stereocenters. The van der Waals surface area contributed by atoms with Crippen molar-refractivity contribution in [3.05, 3.63) is 35.7 Å². The summed E-state index contributed by atoms with van der Waals surface area (Å²) in [5.41, 5.74) is 1.19. The Morgan fingerprint density at radius 2 is 1.97 bits per heavy atom. The normalized spacial score (nSPS) is 30.0. The summed E-state index contributed by atoms with van der Waals surface area (Å²) in [6.45, 7) is 5.32. The fourth-order valence-electron chi connectivity index (χ4n) is 5.55. The fourth-order valence-corrected chi connectivity index (χ4v) is 5.55. The number of carbonyl (C=O) groups excluding carboxylic acids is 1. The van der Waals surface area contributed by atoms with Gasteiger partial charge in [-0.2, -0.15) is 0 Å². The second-order valence-electron chi connectivity index (χ2n) is 9.23. The molecule has 4 nitrogen and oxygen atoms in total. The van der Waals surface area contributed by atoms with Crippen LogP contribution in [0.4, 0.5) is 8.78 Å². The first kappa shape index (κ1) is 21.3. The van der Waals surface area contributed by atoms with Gasteiger partial charge in [-0.15, -0.1) is 0 Å². The average Bonchev–Trinajstić information content (AvgIpc) is 3.35. The summed E-state index contributed by atoms with van der Waals surface area (Å²) < 4.78 is 32.2. The first-order valence-electron chi connectivity index (χ1n) is 11.5. The monoisotopic (exact) mass is 417 g/mol. The van der Waals surface area contributed by atoms with Crippen molar-refractivity contribution < 1.29 is 13.6 Å². The largest absolute Gasteiger partial charge is 0.342 e. The number of allylic oxidation sites excluding steroid dienone is 4. The fraction of sp³-hybridized carbons (Fsp3) is 0.667. The van der Waals surface area contributed by atoms with Crippen molar-refractivity contribution in [3.63, 3.8) is 0 Å². The van der Waals surface area contributed by atoms with Crippen LogP contribution in [0.5, 0.6) is 0 Å². The molecule has 1 aromatic rings. The number of fused-ring (bicyclic) bond motifs is 1. The number of rotatable bonds is 5. The number of aromatic nitrogens is 2. The predicted molar refractivity (Wildman–Crippen MR) is 114 cm³/mol. The Bertz CT molecular complexity index is 842. The average molecular weight is 418 g/mol. The van der Waals surface area contributed by atoms with E-state index >= 15 is 4.39 Å². The zero-order valence-corrected chi connectivity index (χ0v) is 18.2. The summed E-state index contributed by atoms with van der Waals surface area (Å²) in [6, 6.07) is -0.209. The van der Waals surface area contributed by atoms with Crippen molar-refractivity contribution in [2.45, 2.75) is 83.3 Å². The van der Waals surface area contributed by atoms with Crippen LogP contribution in [-0.2, 0) is 4.79 Å². The Hall–Kier alpha value is -1.98. The van der Waals surface area contributed by atoms with Gasteiger partial charge in [-0.3, -0.25) is 4.79 Å². The SMILES string of the molecule is C/C=C(/F)C1=C(C)c2cncn2C1CCC1(F)CCC(C(=O)N2CCCCC2)CC1. The molecule has 1 saturated carbocycles. The molecule has 0 bridgehead atoms. The quantitative estimate of drug-likeness (QED) is 0.609. The van der Waals surface area contributed by atoms with Crippen molar-refractivity contribution in [2.24, 2.45) is 5.92 Å². The van der Waals surface area contributed by atoms with Crippen LogP contribution in [0.15, 0.2) is 30.0 Å². The number of likely N-dealkylation sites (tertiary alicyclic amines) is 1. The molecule has 0 aromatic carbocycles. The van der Waals surface area contributed by atoms with E-state index in [4.69, 9.17) is 0 Å². The second-order valence-corrected chi connectivity index (χ2v) is 9.23. The lowest BCUT2D eigenvalue weighted by molar-refractivity contribution is -0.138. The molecule has 3 heterocycles. The van der Waals surface area contributed by atoms with Crippen LogP contribution >= 0.6 is 0 Å². The number of amides is 1. The smallest absolute Gasteiger partial charge is 0.225 e. The van der Waals surface area contributed by atoms with Gasteiger partial charge in [0.05, 0.1) is 24.3 Å². The van der Waals surface area contributed by atoms with E-state index in [1.807, 2.05) is 16.4 Å². The molecule has 1 aromatic heterocycles. The lowest BCUT2D eigenvalue weighted by atomic mass is 9.76. The number of alkyl halides is 1. The van der Waals surface area contributed by atoms with Crippen molar-refractivity contribution in [1.29, 1.82) is 0 Å². The summed E-state index contributed by atoms with van der Waals surface area (Å²) in [5.74, 6) is -0.0339. The molecule has 0 N–H and O–H groups in total. The minimum atomic E-state index is -1.27. The van der Waals surface area contributed by atoms with Gasteiger partial charge in [-0.1, -0.05) is 6.08 Å². The van der Waals surface area contributed by atoms with E-state index in [1.54, 1.807) is 19.4 Å². The molecule has 6 heteroatoms. The highest BCUT2D eigenvalue weighted by Gasteiger charge is 2.40. The molecule has 0 spiro atoms. The molecular weight excluding hydrogens is 384 g/mol. The number of piperidine rings is 1. The van der Waals surface area contributed by atoms with Gasteiger partial charge in [-0.25, -0.2) is 13.8 Å². The van der Waals surface area contributed by atoms with Crippen LogP contribution < -0.4 is 0 Å². The molecule has 1 unspecified atom stereocenters. The van der Waals surface area contributed by atoms with Gasteiger partial charge in [0.2, 0.25) is 5.91 Å². The zero-order valence-electron chi connectivity index (χ0n) is 18.2. The standard InChI is InChI=1S/C24H33F2N3O/c1-3-19(25)22-17(2)21-15-27-16-29(21)20(22)9-12-24(26)10-7-18(8-11-24)23(30)28-13-5-4-6-14-28/h3,15-16,18,20H,4-14H2,1-2H3/b19-3+. The highest BCUT2D eigenvalue weighted by Crippen LogP contribution is 2.46. The molecule has 1 aliphatic carbocycles. The van der Waals surface area contributed by atoms with Crippen molar-refractivity contribution in [2.75, 3.05) is 13.1 Å². The molecule has 30 heavy (non-hydrogen) atoms. The summed E-state index contributed by atoms with van der Waals surface area (Å²) in [5, 5.41) is 0. The minimum Gasteiger partial charge on any atom is -0.342 e. The molecule has 2 aliphatic heterocycles. The Labute approximate surface area is 178 Å². The Morgan fingerprint density at radius 1 is 1.27 bits per heavy atom. The number of nitrogens with zero attached hydrogens (tertiary/aromatic N) is 3. The third-order valence-corrected chi connectivity index (χ3v) is 7.40. The van der Waals surface area contributed by atoms with Crippen LogP contribution in [0.1, 0.15) is 83.4 Å². The predicted octanol–water partition coefficient (Wildman–Crippen LogP) is 5.78. The third kappa shape index (κ3) is 3.97. The van der Waals surface area contributed by atoms with Crippen LogP contribution in [0, 0.1) is 5.92 Å². The van der Waals surface area contributed by atoms with Crippen molar-refractivity contribution in [1.82, 2.24) is 14.5 Å². The van der Waals surface area contributed by atoms with Crippen molar-refractivity contribution in [3.8, 4) is 0 Å². The molecule has 2 fully saturated rings. The second kappa shape index (κ2) is 8.64. The maximum atomic E-state index is 15.6. The Morgan fingerprint density at radius 3 is 2.63 bits per heavy atom. The van der Waals surface area contributed by atoms with Crippen LogP contribution in [0.2, 0.25) is 0 Å². The summed E-state index contributed by atoms with van der Waals surface area (Å²) in [7, 11) is 0. The Kier molecular flexibility index (Phi) is 6.12. The van der Waals surface area contributed by atoms with Gasteiger partial charge in [0.25, 0.3) is 0 Å². The molecular formula is C24H33F2N3O. The number of imidazole rings is 1. The van der Waals surface area contributed by atoms with Gasteiger partial charge in [0.15, 0.2) is 0 Å². The van der Waals surface area contributed by atoms with Crippen LogP contribution in [0.25, 0.3) is 5.57 Å². The molecule has 3 aliphatic rings. The molecule has 164 valence electrons. The van der Waals surface area contributed by atoms with E-state index in [1.165, 1.54) is 12.5 Å². The molecule has 1 amide bonds. The maximum Gasteiger partial charge on any atom is 0.225 e. The van der Waals surface area contributed by atoms with Gasteiger partial charge in [0.1, 0.15) is 11.5 Å². The van der Waals surface area contributed by atoms with E-state index in [0.29, 0.717) is 44.1 Å². The van der Waals surface area contributed by atoms with Crippen molar-refractivity contribution >= 4 is 11.5 Å².